The van der Waals surface area contributed by atoms with Gasteiger partial charge in [0.25, 0.3) is 5.91 Å². The van der Waals surface area contributed by atoms with E-state index in [9.17, 15) is 13.2 Å². The van der Waals surface area contributed by atoms with E-state index in [-0.39, 0.29) is 16.8 Å². The Morgan fingerprint density at radius 1 is 1.12 bits per heavy atom. The van der Waals surface area contributed by atoms with Crippen LogP contribution in [-0.4, -0.2) is 20.4 Å². The van der Waals surface area contributed by atoms with Gasteiger partial charge in [-0.1, -0.05) is 17.7 Å². The molecule has 0 radical (unpaired) electrons. The monoisotopic (exact) mass is 364 g/mol. The predicted molar refractivity (Wildman–Crippen MR) is 93.9 cm³/mol. The second-order valence-electron chi connectivity index (χ2n) is 5.83. The summed E-state index contributed by atoms with van der Waals surface area (Å²) in [5, 5.41) is 3.31. The molecule has 2 aromatic carbocycles. The maximum absolute atomic E-state index is 12.3. The Kier molecular flexibility index (Phi) is 4.62. The lowest BCUT2D eigenvalue weighted by Crippen LogP contribution is -2.25. The highest BCUT2D eigenvalue weighted by Gasteiger charge is 2.27. The normalized spacial score (nSPS) is 14.4. The first-order chi connectivity index (χ1) is 11.3. The molecule has 2 N–H and O–H groups in total. The highest BCUT2D eigenvalue weighted by Crippen LogP contribution is 2.23. The molecular formula is C17H17ClN2O3S. The number of carbonyl (C=O) groups excluding carboxylic acids is 1. The zero-order chi connectivity index (χ0) is 17.3. The Labute approximate surface area is 146 Å². The first kappa shape index (κ1) is 17.0. The molecule has 1 aliphatic rings. The summed E-state index contributed by atoms with van der Waals surface area (Å²) >= 11 is 5.94. The van der Waals surface area contributed by atoms with Crippen LogP contribution in [0, 0.1) is 6.92 Å². The molecule has 0 heterocycles. The fourth-order valence-corrected chi connectivity index (χ4v) is 3.67. The quantitative estimate of drug-likeness (QED) is 0.854. The van der Waals surface area contributed by atoms with E-state index in [0.717, 1.165) is 18.4 Å². The van der Waals surface area contributed by atoms with Gasteiger partial charge in [-0.15, -0.1) is 0 Å². The molecule has 0 aromatic heterocycles. The average molecular weight is 365 g/mol. The topological polar surface area (TPSA) is 75.3 Å². The number of benzene rings is 2. The second kappa shape index (κ2) is 6.55. The van der Waals surface area contributed by atoms with Gasteiger partial charge in [-0.05, 0) is 61.7 Å². The Bertz CT molecular complexity index is 875. The van der Waals surface area contributed by atoms with Crippen molar-refractivity contribution >= 4 is 33.2 Å². The lowest BCUT2D eigenvalue weighted by Gasteiger charge is -2.10. The van der Waals surface area contributed by atoms with Crippen LogP contribution < -0.4 is 10.0 Å². The Hall–Kier alpha value is -1.89. The molecule has 0 spiro atoms. The fourth-order valence-electron chi connectivity index (χ4n) is 2.20. The molecule has 126 valence electrons. The first-order valence-corrected chi connectivity index (χ1v) is 9.41. The van der Waals surface area contributed by atoms with Gasteiger partial charge >= 0.3 is 0 Å². The van der Waals surface area contributed by atoms with Crippen molar-refractivity contribution in [3.63, 3.8) is 0 Å². The van der Waals surface area contributed by atoms with Crippen LogP contribution in [0.5, 0.6) is 0 Å². The second-order valence-corrected chi connectivity index (χ2v) is 7.98. The molecule has 7 heteroatoms. The number of sulfonamides is 1. The maximum Gasteiger partial charge on any atom is 0.255 e. The van der Waals surface area contributed by atoms with Crippen molar-refractivity contribution in [2.24, 2.45) is 0 Å². The molecule has 1 fully saturated rings. The summed E-state index contributed by atoms with van der Waals surface area (Å²) in [7, 11) is -3.51. The number of nitrogens with one attached hydrogen (secondary N) is 2. The SMILES string of the molecule is Cc1ccc(Cl)cc1NC(=O)c1ccc(S(=O)(=O)NC2CC2)cc1. The molecule has 0 unspecified atom stereocenters. The molecule has 1 amide bonds. The number of halogens is 1. The van der Waals surface area contributed by atoms with Crippen LogP contribution in [0.25, 0.3) is 0 Å². The zero-order valence-electron chi connectivity index (χ0n) is 13.0. The minimum Gasteiger partial charge on any atom is -0.322 e. The number of rotatable bonds is 5. The van der Waals surface area contributed by atoms with Crippen LogP contribution in [0.15, 0.2) is 47.4 Å². The van der Waals surface area contributed by atoms with E-state index in [1.54, 1.807) is 12.1 Å². The van der Waals surface area contributed by atoms with Crippen LogP contribution in [0.4, 0.5) is 5.69 Å². The summed E-state index contributed by atoms with van der Waals surface area (Å²) in [6.07, 6.45) is 1.75. The van der Waals surface area contributed by atoms with Crippen molar-refractivity contribution in [3.8, 4) is 0 Å². The van der Waals surface area contributed by atoms with E-state index in [4.69, 9.17) is 11.6 Å². The minimum atomic E-state index is -3.51. The molecule has 0 bridgehead atoms. The third-order valence-corrected chi connectivity index (χ3v) is 5.55. The molecule has 5 nitrogen and oxygen atoms in total. The van der Waals surface area contributed by atoms with E-state index < -0.39 is 10.0 Å². The number of aryl methyl sites for hydroxylation is 1. The van der Waals surface area contributed by atoms with Crippen molar-refractivity contribution in [3.05, 3.63) is 58.6 Å². The van der Waals surface area contributed by atoms with Gasteiger partial charge < -0.3 is 5.32 Å². The van der Waals surface area contributed by atoms with Crippen LogP contribution in [0.1, 0.15) is 28.8 Å². The van der Waals surface area contributed by atoms with Crippen LogP contribution >= 0.6 is 11.6 Å². The van der Waals surface area contributed by atoms with Gasteiger partial charge in [0.05, 0.1) is 4.90 Å². The van der Waals surface area contributed by atoms with E-state index >= 15 is 0 Å². The number of carbonyl (C=O) groups is 1. The molecule has 0 atom stereocenters. The summed E-state index contributed by atoms with van der Waals surface area (Å²) < 4.78 is 26.8. The third-order valence-electron chi connectivity index (χ3n) is 3.77. The van der Waals surface area contributed by atoms with Gasteiger partial charge in [0, 0.05) is 22.3 Å². The molecule has 2 aromatic rings. The molecule has 0 aliphatic heterocycles. The Morgan fingerprint density at radius 2 is 1.79 bits per heavy atom. The highest BCUT2D eigenvalue weighted by atomic mass is 35.5. The average Bonchev–Trinajstić information content (AvgIpc) is 3.34. The van der Waals surface area contributed by atoms with Crippen LogP contribution in [-0.2, 0) is 10.0 Å². The molecule has 1 aliphatic carbocycles. The highest BCUT2D eigenvalue weighted by molar-refractivity contribution is 7.89. The lowest BCUT2D eigenvalue weighted by molar-refractivity contribution is 0.102. The number of amides is 1. The predicted octanol–water partition coefficient (Wildman–Crippen LogP) is 3.34. The number of hydrogen-bond donors (Lipinski definition) is 2. The van der Waals surface area contributed by atoms with Gasteiger partial charge in [0.1, 0.15) is 0 Å². The summed E-state index contributed by atoms with van der Waals surface area (Å²) in [5.74, 6) is -0.320. The summed E-state index contributed by atoms with van der Waals surface area (Å²) in [6.45, 7) is 1.87. The largest absolute Gasteiger partial charge is 0.322 e. The summed E-state index contributed by atoms with van der Waals surface area (Å²) in [4.78, 5) is 12.5. The third kappa shape index (κ3) is 3.95. The lowest BCUT2D eigenvalue weighted by atomic mass is 10.1. The molecule has 24 heavy (non-hydrogen) atoms. The van der Waals surface area contributed by atoms with Gasteiger partial charge in [-0.25, -0.2) is 13.1 Å². The van der Waals surface area contributed by atoms with Gasteiger partial charge in [-0.2, -0.15) is 0 Å². The van der Waals surface area contributed by atoms with Gasteiger partial charge in [0.2, 0.25) is 10.0 Å². The summed E-state index contributed by atoms with van der Waals surface area (Å²) in [6, 6.07) is 11.1. The molecular weight excluding hydrogens is 348 g/mol. The van der Waals surface area contributed by atoms with Crippen molar-refractivity contribution < 1.29 is 13.2 Å². The van der Waals surface area contributed by atoms with E-state index in [1.165, 1.54) is 24.3 Å². The van der Waals surface area contributed by atoms with Crippen LogP contribution in [0.2, 0.25) is 5.02 Å². The summed E-state index contributed by atoms with van der Waals surface area (Å²) in [5.41, 5.74) is 1.89. The van der Waals surface area contributed by atoms with E-state index in [2.05, 4.69) is 10.0 Å². The molecule has 1 saturated carbocycles. The van der Waals surface area contributed by atoms with Crippen molar-refractivity contribution in [1.82, 2.24) is 4.72 Å². The minimum absolute atomic E-state index is 0.0452. The van der Waals surface area contributed by atoms with Crippen molar-refractivity contribution in [2.45, 2.75) is 30.7 Å². The first-order valence-electron chi connectivity index (χ1n) is 7.55. The number of anilines is 1. The Morgan fingerprint density at radius 3 is 2.42 bits per heavy atom. The smallest absolute Gasteiger partial charge is 0.255 e. The van der Waals surface area contributed by atoms with Crippen molar-refractivity contribution in [1.29, 1.82) is 0 Å². The van der Waals surface area contributed by atoms with E-state index in [0.29, 0.717) is 16.3 Å². The fraction of sp³-hybridized carbons (Fsp3) is 0.235. The molecule has 0 saturated heterocycles. The number of hydrogen-bond acceptors (Lipinski definition) is 3. The van der Waals surface area contributed by atoms with Crippen LogP contribution in [0.3, 0.4) is 0 Å². The maximum atomic E-state index is 12.3. The van der Waals surface area contributed by atoms with Gasteiger partial charge in [0.15, 0.2) is 0 Å². The molecule has 3 rings (SSSR count). The van der Waals surface area contributed by atoms with Gasteiger partial charge in [-0.3, -0.25) is 4.79 Å². The zero-order valence-corrected chi connectivity index (χ0v) is 14.6. The van der Waals surface area contributed by atoms with E-state index in [1.807, 2.05) is 13.0 Å². The van der Waals surface area contributed by atoms with Crippen molar-refractivity contribution in [2.75, 3.05) is 5.32 Å². The Balaban J connectivity index is 1.75. The standard InChI is InChI=1S/C17H17ClN2O3S/c1-11-2-5-13(18)10-16(11)19-17(21)12-3-8-15(9-4-12)24(22,23)20-14-6-7-14/h2-5,8-10,14,20H,6-7H2,1H3,(H,19,21).